The molecule has 0 aliphatic heterocycles. The molecule has 2 aromatic rings. The number of carbonyl (C=O) groups is 1. The van der Waals surface area contributed by atoms with Gasteiger partial charge in [0.1, 0.15) is 5.56 Å². The largest absolute Gasteiger partial charge is 0.477 e. The van der Waals surface area contributed by atoms with Gasteiger partial charge in [0, 0.05) is 18.1 Å². The van der Waals surface area contributed by atoms with Gasteiger partial charge in [-0.25, -0.2) is 4.79 Å². The van der Waals surface area contributed by atoms with Crippen molar-refractivity contribution in [2.75, 3.05) is 0 Å². The van der Waals surface area contributed by atoms with Gasteiger partial charge in [-0.1, -0.05) is 44.7 Å². The summed E-state index contributed by atoms with van der Waals surface area (Å²) in [7, 11) is 0. The zero-order valence-electron chi connectivity index (χ0n) is 12.3. The van der Waals surface area contributed by atoms with Crippen molar-refractivity contribution in [3.8, 4) is 0 Å². The number of nitrogens with zero attached hydrogens (tertiary/aromatic N) is 1. The van der Waals surface area contributed by atoms with Gasteiger partial charge in [0.25, 0.3) is 0 Å². The first-order valence-corrected chi connectivity index (χ1v) is 7.50. The first-order chi connectivity index (χ1) is 10.1. The normalized spacial score (nSPS) is 10.9. The summed E-state index contributed by atoms with van der Waals surface area (Å²) >= 11 is 0. The van der Waals surface area contributed by atoms with E-state index in [9.17, 15) is 14.7 Å². The van der Waals surface area contributed by atoms with Gasteiger partial charge < -0.3 is 9.67 Å². The highest BCUT2D eigenvalue weighted by Crippen LogP contribution is 2.13. The van der Waals surface area contributed by atoms with Crippen LogP contribution < -0.4 is 5.43 Å². The number of hydrogen-bond acceptors (Lipinski definition) is 2. The highest BCUT2D eigenvalue weighted by Gasteiger charge is 2.13. The molecule has 0 saturated carbocycles. The van der Waals surface area contributed by atoms with Crippen molar-refractivity contribution in [2.45, 2.75) is 45.6 Å². The molecule has 0 atom stereocenters. The predicted molar refractivity (Wildman–Crippen MR) is 83.9 cm³/mol. The molecule has 0 saturated heterocycles. The Hall–Kier alpha value is -2.10. The summed E-state index contributed by atoms with van der Waals surface area (Å²) in [4.78, 5) is 23.4. The SMILES string of the molecule is CCCCCCCn1cc(C(=O)O)c(=O)c2ccccc21. The molecule has 0 amide bonds. The zero-order valence-corrected chi connectivity index (χ0v) is 12.3. The van der Waals surface area contributed by atoms with Crippen molar-refractivity contribution in [1.82, 2.24) is 4.57 Å². The van der Waals surface area contributed by atoms with Crippen LogP contribution in [0.25, 0.3) is 10.9 Å². The maximum atomic E-state index is 12.1. The minimum Gasteiger partial charge on any atom is -0.477 e. The summed E-state index contributed by atoms with van der Waals surface area (Å²) in [6, 6.07) is 7.20. The highest BCUT2D eigenvalue weighted by atomic mass is 16.4. The number of fused-ring (bicyclic) bond motifs is 1. The third kappa shape index (κ3) is 3.51. The van der Waals surface area contributed by atoms with Crippen molar-refractivity contribution in [1.29, 1.82) is 0 Å². The third-order valence-electron chi connectivity index (χ3n) is 3.72. The van der Waals surface area contributed by atoms with Crippen molar-refractivity contribution in [2.24, 2.45) is 0 Å². The van der Waals surface area contributed by atoms with Crippen molar-refractivity contribution < 1.29 is 9.90 Å². The van der Waals surface area contributed by atoms with Gasteiger partial charge in [-0.2, -0.15) is 0 Å². The maximum absolute atomic E-state index is 12.1. The summed E-state index contributed by atoms with van der Waals surface area (Å²) < 4.78 is 1.89. The van der Waals surface area contributed by atoms with Gasteiger partial charge in [-0.05, 0) is 18.6 Å². The number of pyridine rings is 1. The number of aromatic nitrogens is 1. The van der Waals surface area contributed by atoms with Crippen LogP contribution in [0.3, 0.4) is 0 Å². The molecule has 0 radical (unpaired) electrons. The van der Waals surface area contributed by atoms with Crippen LogP contribution in [0.15, 0.2) is 35.3 Å². The lowest BCUT2D eigenvalue weighted by Crippen LogP contribution is -2.19. The number of rotatable bonds is 7. The molecule has 0 aliphatic carbocycles. The summed E-state index contributed by atoms with van der Waals surface area (Å²) in [5, 5.41) is 9.66. The van der Waals surface area contributed by atoms with E-state index >= 15 is 0 Å². The standard InChI is InChI=1S/C17H21NO3/c1-2-3-4-5-8-11-18-12-14(17(20)21)16(19)13-9-6-7-10-15(13)18/h6-7,9-10,12H,2-5,8,11H2,1H3,(H,20,21). The van der Waals surface area contributed by atoms with Crippen molar-refractivity contribution in [3.63, 3.8) is 0 Å². The molecule has 0 fully saturated rings. The van der Waals surface area contributed by atoms with Crippen LogP contribution in [0.2, 0.25) is 0 Å². The molecule has 0 spiro atoms. The minimum atomic E-state index is -1.16. The first kappa shape index (κ1) is 15.3. The van der Waals surface area contributed by atoms with Crippen LogP contribution in [0.4, 0.5) is 0 Å². The van der Waals surface area contributed by atoms with Crippen LogP contribution in [0.5, 0.6) is 0 Å². The summed E-state index contributed by atoms with van der Waals surface area (Å²) in [6.45, 7) is 2.92. The topological polar surface area (TPSA) is 59.3 Å². The molecule has 21 heavy (non-hydrogen) atoms. The lowest BCUT2D eigenvalue weighted by Gasteiger charge is -2.12. The Kier molecular flexibility index (Phi) is 5.14. The lowest BCUT2D eigenvalue weighted by atomic mass is 10.1. The fourth-order valence-corrected chi connectivity index (χ4v) is 2.57. The molecule has 1 aromatic heterocycles. The van der Waals surface area contributed by atoms with E-state index in [4.69, 9.17) is 0 Å². The smallest absolute Gasteiger partial charge is 0.341 e. The Labute approximate surface area is 124 Å². The second kappa shape index (κ2) is 7.07. The molecule has 1 N–H and O–H groups in total. The monoisotopic (exact) mass is 287 g/mol. The molecule has 112 valence electrons. The predicted octanol–water partition coefficient (Wildman–Crippen LogP) is 3.67. The number of benzene rings is 1. The number of unbranched alkanes of at least 4 members (excludes halogenated alkanes) is 4. The fourth-order valence-electron chi connectivity index (χ4n) is 2.57. The minimum absolute atomic E-state index is 0.151. The Bertz CT molecular complexity index is 688. The van der Waals surface area contributed by atoms with Crippen LogP contribution in [-0.4, -0.2) is 15.6 Å². The van der Waals surface area contributed by atoms with Gasteiger partial charge in [0.15, 0.2) is 0 Å². The van der Waals surface area contributed by atoms with Gasteiger partial charge >= 0.3 is 5.97 Å². The molecule has 4 heteroatoms. The van der Waals surface area contributed by atoms with E-state index in [0.29, 0.717) is 5.39 Å². The number of aryl methyl sites for hydroxylation is 1. The quantitative estimate of drug-likeness (QED) is 0.790. The second-order valence-electron chi connectivity index (χ2n) is 5.30. The van der Waals surface area contributed by atoms with Gasteiger partial charge in [0.2, 0.25) is 5.43 Å². The van der Waals surface area contributed by atoms with Crippen LogP contribution in [0, 0.1) is 0 Å². The molecule has 1 heterocycles. The molecule has 1 aromatic carbocycles. The Morgan fingerprint density at radius 2 is 1.86 bits per heavy atom. The van der Waals surface area contributed by atoms with E-state index in [1.807, 2.05) is 16.7 Å². The number of carboxylic acids is 1. The molecular formula is C17H21NO3. The number of para-hydroxylation sites is 1. The molecule has 0 bridgehead atoms. The molecular weight excluding hydrogens is 266 g/mol. The number of carboxylic acid groups (broad SMARTS) is 1. The first-order valence-electron chi connectivity index (χ1n) is 7.50. The maximum Gasteiger partial charge on any atom is 0.341 e. The van der Waals surface area contributed by atoms with Crippen LogP contribution >= 0.6 is 0 Å². The zero-order chi connectivity index (χ0) is 15.2. The average Bonchev–Trinajstić information content (AvgIpc) is 2.49. The number of aromatic carboxylic acids is 1. The van der Waals surface area contributed by atoms with Crippen LogP contribution in [-0.2, 0) is 6.54 Å². The van der Waals surface area contributed by atoms with E-state index in [1.54, 1.807) is 12.1 Å². The van der Waals surface area contributed by atoms with E-state index in [0.717, 1.165) is 24.9 Å². The summed E-state index contributed by atoms with van der Waals surface area (Å²) in [6.07, 6.45) is 7.21. The molecule has 4 nitrogen and oxygen atoms in total. The van der Waals surface area contributed by atoms with E-state index in [-0.39, 0.29) is 5.56 Å². The third-order valence-corrected chi connectivity index (χ3v) is 3.72. The summed E-state index contributed by atoms with van der Waals surface area (Å²) in [5.41, 5.74) is 0.255. The van der Waals surface area contributed by atoms with E-state index in [2.05, 4.69) is 6.92 Å². The van der Waals surface area contributed by atoms with Crippen molar-refractivity contribution >= 4 is 16.9 Å². The average molecular weight is 287 g/mol. The van der Waals surface area contributed by atoms with Gasteiger partial charge in [-0.15, -0.1) is 0 Å². The second-order valence-corrected chi connectivity index (χ2v) is 5.30. The highest BCUT2D eigenvalue weighted by molar-refractivity contribution is 5.92. The Balaban J connectivity index is 2.31. The fraction of sp³-hybridized carbons (Fsp3) is 0.412. The van der Waals surface area contributed by atoms with Crippen molar-refractivity contribution in [3.05, 3.63) is 46.2 Å². The Morgan fingerprint density at radius 1 is 1.14 bits per heavy atom. The Morgan fingerprint density at radius 3 is 2.57 bits per heavy atom. The van der Waals surface area contributed by atoms with E-state index < -0.39 is 11.4 Å². The molecule has 0 unspecified atom stereocenters. The van der Waals surface area contributed by atoms with E-state index in [1.165, 1.54) is 25.5 Å². The van der Waals surface area contributed by atoms with Gasteiger partial charge in [0.05, 0.1) is 5.52 Å². The lowest BCUT2D eigenvalue weighted by molar-refractivity contribution is 0.0695. The molecule has 0 aliphatic rings. The molecule has 2 rings (SSSR count). The van der Waals surface area contributed by atoms with Gasteiger partial charge in [-0.3, -0.25) is 4.79 Å². The summed E-state index contributed by atoms with van der Waals surface area (Å²) in [5.74, 6) is -1.16. The number of hydrogen-bond donors (Lipinski definition) is 1. The van der Waals surface area contributed by atoms with Crippen LogP contribution in [0.1, 0.15) is 49.4 Å².